The SMILES string of the molecule is COc1cc(C(=O)Nc2cc(N3[C@@H](C)CCC[C@@H]3C)c(C)cc2N)cc(OC)c1OC. The van der Waals surface area contributed by atoms with Crippen molar-refractivity contribution in [1.82, 2.24) is 0 Å². The van der Waals surface area contributed by atoms with Crippen LogP contribution in [0.1, 0.15) is 49.0 Å². The highest BCUT2D eigenvalue weighted by atomic mass is 16.5. The summed E-state index contributed by atoms with van der Waals surface area (Å²) in [4.78, 5) is 15.5. The van der Waals surface area contributed by atoms with E-state index in [0.29, 0.717) is 46.3 Å². The fraction of sp³-hybridized carbons (Fsp3) is 0.458. The second-order valence-electron chi connectivity index (χ2n) is 8.13. The first-order valence-electron chi connectivity index (χ1n) is 10.6. The molecule has 7 nitrogen and oxygen atoms in total. The molecule has 2 aromatic carbocycles. The number of rotatable bonds is 6. The molecule has 0 unspecified atom stereocenters. The van der Waals surface area contributed by atoms with Gasteiger partial charge in [0.25, 0.3) is 5.91 Å². The Labute approximate surface area is 184 Å². The molecular formula is C24H33N3O4. The van der Waals surface area contributed by atoms with E-state index in [-0.39, 0.29) is 5.91 Å². The Balaban J connectivity index is 1.95. The van der Waals surface area contributed by atoms with E-state index in [1.807, 2.05) is 12.1 Å². The van der Waals surface area contributed by atoms with Crippen molar-refractivity contribution in [3.05, 3.63) is 35.4 Å². The third kappa shape index (κ3) is 4.50. The van der Waals surface area contributed by atoms with Crippen LogP contribution in [0.2, 0.25) is 0 Å². The zero-order valence-electron chi connectivity index (χ0n) is 19.2. The molecule has 0 aliphatic carbocycles. The van der Waals surface area contributed by atoms with Crippen molar-refractivity contribution < 1.29 is 19.0 Å². The average Bonchev–Trinajstić information content (AvgIpc) is 2.75. The maximum absolute atomic E-state index is 13.1. The first kappa shape index (κ1) is 22.6. The van der Waals surface area contributed by atoms with Gasteiger partial charge in [0.15, 0.2) is 11.5 Å². The van der Waals surface area contributed by atoms with Gasteiger partial charge < -0.3 is 30.2 Å². The smallest absolute Gasteiger partial charge is 0.255 e. The van der Waals surface area contributed by atoms with Gasteiger partial charge in [-0.05, 0) is 69.9 Å². The lowest BCUT2D eigenvalue weighted by Gasteiger charge is -2.42. The summed E-state index contributed by atoms with van der Waals surface area (Å²) >= 11 is 0. The van der Waals surface area contributed by atoms with Gasteiger partial charge in [0, 0.05) is 23.3 Å². The fourth-order valence-electron chi connectivity index (χ4n) is 4.41. The molecule has 0 spiro atoms. The maximum atomic E-state index is 13.1. The summed E-state index contributed by atoms with van der Waals surface area (Å²) in [5.41, 5.74) is 9.98. The van der Waals surface area contributed by atoms with Crippen molar-refractivity contribution in [3.63, 3.8) is 0 Å². The molecule has 2 aromatic rings. The molecule has 7 heteroatoms. The second-order valence-corrected chi connectivity index (χ2v) is 8.13. The number of methoxy groups -OCH3 is 3. The van der Waals surface area contributed by atoms with Crippen molar-refractivity contribution in [2.75, 3.05) is 37.3 Å². The van der Waals surface area contributed by atoms with E-state index in [9.17, 15) is 4.79 Å². The Morgan fingerprint density at radius 1 is 1.00 bits per heavy atom. The highest BCUT2D eigenvalue weighted by molar-refractivity contribution is 6.07. The number of hydrogen-bond donors (Lipinski definition) is 2. The highest BCUT2D eigenvalue weighted by Gasteiger charge is 2.27. The third-order valence-electron chi connectivity index (χ3n) is 6.01. The van der Waals surface area contributed by atoms with Crippen LogP contribution in [0, 0.1) is 6.92 Å². The van der Waals surface area contributed by atoms with Crippen LogP contribution in [-0.4, -0.2) is 39.3 Å². The molecule has 2 atom stereocenters. The minimum Gasteiger partial charge on any atom is -0.493 e. The highest BCUT2D eigenvalue weighted by Crippen LogP contribution is 2.39. The summed E-state index contributed by atoms with van der Waals surface area (Å²) < 4.78 is 16.1. The van der Waals surface area contributed by atoms with Gasteiger partial charge in [-0.15, -0.1) is 0 Å². The van der Waals surface area contributed by atoms with Gasteiger partial charge in [0.05, 0.1) is 32.7 Å². The monoisotopic (exact) mass is 427 g/mol. The van der Waals surface area contributed by atoms with Gasteiger partial charge in [-0.3, -0.25) is 4.79 Å². The quantitative estimate of drug-likeness (QED) is 0.654. The first-order valence-corrected chi connectivity index (χ1v) is 10.6. The molecule has 3 rings (SSSR count). The number of carbonyl (C=O) groups is 1. The molecule has 168 valence electrons. The number of nitrogen functional groups attached to an aromatic ring is 1. The van der Waals surface area contributed by atoms with E-state index in [1.165, 1.54) is 27.8 Å². The van der Waals surface area contributed by atoms with Crippen LogP contribution in [0.25, 0.3) is 0 Å². The van der Waals surface area contributed by atoms with E-state index < -0.39 is 0 Å². The molecule has 1 heterocycles. The standard InChI is InChI=1S/C24H33N3O4/c1-14-10-18(25)19(13-20(14)27-15(2)8-7-9-16(27)3)26-24(28)17-11-21(29-4)23(31-6)22(12-17)30-5/h10-13,15-16H,7-9,25H2,1-6H3,(H,26,28)/t15-,16-/m0/s1. The predicted molar refractivity (Wildman–Crippen MR) is 125 cm³/mol. The van der Waals surface area contributed by atoms with Crippen LogP contribution in [0.3, 0.4) is 0 Å². The average molecular weight is 428 g/mol. The van der Waals surface area contributed by atoms with Crippen LogP contribution in [0.4, 0.5) is 17.1 Å². The van der Waals surface area contributed by atoms with Crippen LogP contribution in [0.15, 0.2) is 24.3 Å². The molecule has 1 aliphatic heterocycles. The Morgan fingerprint density at radius 2 is 1.58 bits per heavy atom. The lowest BCUT2D eigenvalue weighted by molar-refractivity contribution is 0.102. The zero-order chi connectivity index (χ0) is 22.7. The summed E-state index contributed by atoms with van der Waals surface area (Å²) in [7, 11) is 4.56. The topological polar surface area (TPSA) is 86.1 Å². The van der Waals surface area contributed by atoms with Crippen molar-refractivity contribution in [1.29, 1.82) is 0 Å². The summed E-state index contributed by atoms with van der Waals surface area (Å²) in [5.74, 6) is 0.966. The Hall–Kier alpha value is -3.09. The lowest BCUT2D eigenvalue weighted by Crippen LogP contribution is -2.44. The number of piperidine rings is 1. The summed E-state index contributed by atoms with van der Waals surface area (Å²) in [5, 5.41) is 2.96. The summed E-state index contributed by atoms with van der Waals surface area (Å²) in [6.45, 7) is 6.56. The molecule has 0 saturated carbocycles. The normalized spacial score (nSPS) is 18.5. The molecule has 31 heavy (non-hydrogen) atoms. The van der Waals surface area contributed by atoms with E-state index in [0.717, 1.165) is 24.1 Å². The zero-order valence-corrected chi connectivity index (χ0v) is 19.2. The summed E-state index contributed by atoms with van der Waals surface area (Å²) in [6.07, 6.45) is 3.54. The molecule has 1 amide bonds. The number of nitrogens with one attached hydrogen (secondary N) is 1. The van der Waals surface area contributed by atoms with Gasteiger partial charge in [-0.1, -0.05) is 0 Å². The first-order chi connectivity index (χ1) is 14.8. The van der Waals surface area contributed by atoms with E-state index in [2.05, 4.69) is 31.0 Å². The van der Waals surface area contributed by atoms with Crippen LogP contribution < -0.4 is 30.2 Å². The van der Waals surface area contributed by atoms with Gasteiger partial charge in [-0.25, -0.2) is 0 Å². The van der Waals surface area contributed by atoms with Crippen LogP contribution in [-0.2, 0) is 0 Å². The number of nitrogens with zero attached hydrogens (tertiary/aromatic N) is 1. The third-order valence-corrected chi connectivity index (χ3v) is 6.01. The Bertz CT molecular complexity index is 925. The Kier molecular flexibility index (Phi) is 6.83. The van der Waals surface area contributed by atoms with E-state index >= 15 is 0 Å². The van der Waals surface area contributed by atoms with Crippen molar-refractivity contribution >= 4 is 23.0 Å². The largest absolute Gasteiger partial charge is 0.493 e. The molecule has 3 N–H and O–H groups in total. The number of anilines is 3. The number of carbonyl (C=O) groups excluding carboxylic acids is 1. The van der Waals surface area contributed by atoms with Crippen molar-refractivity contribution in [2.45, 2.75) is 52.1 Å². The number of hydrogen-bond acceptors (Lipinski definition) is 6. The summed E-state index contributed by atoms with van der Waals surface area (Å²) in [6, 6.07) is 8.02. The van der Waals surface area contributed by atoms with Crippen LogP contribution >= 0.6 is 0 Å². The molecule has 0 bridgehead atoms. The van der Waals surface area contributed by atoms with Gasteiger partial charge in [0.1, 0.15) is 0 Å². The van der Waals surface area contributed by atoms with Gasteiger partial charge in [-0.2, -0.15) is 0 Å². The Morgan fingerprint density at radius 3 is 2.10 bits per heavy atom. The molecule has 1 aliphatic rings. The fourth-order valence-corrected chi connectivity index (χ4v) is 4.41. The number of ether oxygens (including phenoxy) is 3. The second kappa shape index (κ2) is 9.37. The molecule has 1 saturated heterocycles. The van der Waals surface area contributed by atoms with E-state index in [4.69, 9.17) is 19.9 Å². The molecule has 0 radical (unpaired) electrons. The lowest BCUT2D eigenvalue weighted by atomic mass is 9.95. The van der Waals surface area contributed by atoms with Crippen molar-refractivity contribution in [3.8, 4) is 17.2 Å². The number of amides is 1. The van der Waals surface area contributed by atoms with Crippen molar-refractivity contribution in [2.24, 2.45) is 0 Å². The molecule has 1 fully saturated rings. The molecule has 0 aromatic heterocycles. The maximum Gasteiger partial charge on any atom is 0.255 e. The molecular weight excluding hydrogens is 394 g/mol. The van der Waals surface area contributed by atoms with E-state index in [1.54, 1.807) is 12.1 Å². The number of aryl methyl sites for hydroxylation is 1. The number of nitrogens with two attached hydrogens (primary N) is 1. The number of benzene rings is 2. The van der Waals surface area contributed by atoms with Gasteiger partial charge in [0.2, 0.25) is 5.75 Å². The van der Waals surface area contributed by atoms with Crippen LogP contribution in [0.5, 0.6) is 17.2 Å². The minimum absolute atomic E-state index is 0.305. The predicted octanol–water partition coefficient (Wildman–Crippen LogP) is 4.62. The van der Waals surface area contributed by atoms with Gasteiger partial charge >= 0.3 is 0 Å². The minimum atomic E-state index is -0.305.